The van der Waals surface area contributed by atoms with Gasteiger partial charge >= 0.3 is 5.97 Å². The van der Waals surface area contributed by atoms with E-state index in [0.29, 0.717) is 39.4 Å². The highest BCUT2D eigenvalue weighted by Gasteiger charge is 2.18. The number of ether oxygens (including phenoxy) is 2. The minimum Gasteiger partial charge on any atom is -0.482 e. The van der Waals surface area contributed by atoms with Gasteiger partial charge in [-0.2, -0.15) is 0 Å². The molecule has 32 heavy (non-hydrogen) atoms. The molecule has 0 saturated heterocycles. The minimum atomic E-state index is -0.423. The number of carbonyl (C=O) groups excluding carboxylic acids is 3. The summed E-state index contributed by atoms with van der Waals surface area (Å²) < 4.78 is 10.1. The molecule has 1 aliphatic rings. The smallest absolute Gasteiger partial charge is 0.337 e. The van der Waals surface area contributed by atoms with E-state index in [4.69, 9.17) is 9.47 Å². The predicted octanol–water partition coefficient (Wildman–Crippen LogP) is 3.46. The van der Waals surface area contributed by atoms with Crippen molar-refractivity contribution in [3.8, 4) is 17.6 Å². The summed E-state index contributed by atoms with van der Waals surface area (Å²) >= 11 is 0. The molecule has 0 radical (unpaired) electrons. The summed E-state index contributed by atoms with van der Waals surface area (Å²) in [7, 11) is 1.33. The SMILES string of the molecule is COC(=O)c1cccc(C#Cc2cccc(NC(=O)c3ccc4c(c3)OCC(=O)N4)c2)c1. The van der Waals surface area contributed by atoms with E-state index in [2.05, 4.69) is 22.5 Å². The van der Waals surface area contributed by atoms with Crippen molar-refractivity contribution in [1.29, 1.82) is 0 Å². The van der Waals surface area contributed by atoms with Gasteiger partial charge in [0.1, 0.15) is 5.75 Å². The van der Waals surface area contributed by atoms with Crippen molar-refractivity contribution in [3.05, 3.63) is 89.0 Å². The highest BCUT2D eigenvalue weighted by molar-refractivity contribution is 6.05. The molecule has 2 amide bonds. The maximum atomic E-state index is 12.7. The van der Waals surface area contributed by atoms with Gasteiger partial charge in [-0.15, -0.1) is 0 Å². The standard InChI is InChI=1S/C25H18N2O5/c1-31-25(30)19-6-2-4-16(12-19)8-9-17-5-3-7-20(13-17)26-24(29)18-10-11-21-22(14-18)32-15-23(28)27-21/h2-7,10-14H,15H2,1H3,(H,26,29)(H,27,28). The van der Waals surface area contributed by atoms with Crippen molar-refractivity contribution >= 4 is 29.2 Å². The number of rotatable bonds is 3. The third-order valence-corrected chi connectivity index (χ3v) is 4.63. The van der Waals surface area contributed by atoms with Crippen LogP contribution in [-0.4, -0.2) is 31.5 Å². The molecule has 4 rings (SSSR count). The molecule has 1 heterocycles. The van der Waals surface area contributed by atoms with Gasteiger partial charge in [-0.25, -0.2) is 4.79 Å². The maximum Gasteiger partial charge on any atom is 0.337 e. The van der Waals surface area contributed by atoms with Gasteiger partial charge in [0.05, 0.1) is 18.4 Å². The molecule has 158 valence electrons. The summed E-state index contributed by atoms with van der Waals surface area (Å²) in [6, 6.07) is 18.8. The van der Waals surface area contributed by atoms with E-state index in [1.165, 1.54) is 7.11 Å². The van der Waals surface area contributed by atoms with Gasteiger partial charge in [0, 0.05) is 22.4 Å². The van der Waals surface area contributed by atoms with Gasteiger partial charge in [0.2, 0.25) is 0 Å². The van der Waals surface area contributed by atoms with E-state index < -0.39 is 5.97 Å². The largest absolute Gasteiger partial charge is 0.482 e. The van der Waals surface area contributed by atoms with Crippen LogP contribution < -0.4 is 15.4 Å². The van der Waals surface area contributed by atoms with Crippen LogP contribution in [-0.2, 0) is 9.53 Å². The number of hydrogen-bond acceptors (Lipinski definition) is 5. The van der Waals surface area contributed by atoms with E-state index in [-0.39, 0.29) is 18.4 Å². The van der Waals surface area contributed by atoms with Crippen LogP contribution in [0.4, 0.5) is 11.4 Å². The lowest BCUT2D eigenvalue weighted by Crippen LogP contribution is -2.25. The summed E-state index contributed by atoms with van der Waals surface area (Å²) in [5, 5.41) is 5.52. The third kappa shape index (κ3) is 4.77. The Balaban J connectivity index is 1.49. The first kappa shape index (κ1) is 20.7. The molecule has 1 aliphatic heterocycles. The Labute approximate surface area is 184 Å². The van der Waals surface area contributed by atoms with Crippen LogP contribution in [0.5, 0.6) is 5.75 Å². The van der Waals surface area contributed by atoms with E-state index >= 15 is 0 Å². The van der Waals surface area contributed by atoms with E-state index in [0.717, 1.165) is 0 Å². The summed E-state index contributed by atoms with van der Waals surface area (Å²) in [4.78, 5) is 35.7. The Morgan fingerprint density at radius 2 is 1.72 bits per heavy atom. The average molecular weight is 426 g/mol. The first-order chi connectivity index (χ1) is 15.5. The number of hydrogen-bond donors (Lipinski definition) is 2. The van der Waals surface area contributed by atoms with E-state index in [9.17, 15) is 14.4 Å². The third-order valence-electron chi connectivity index (χ3n) is 4.63. The number of amides is 2. The Bertz CT molecular complexity index is 1290. The fraction of sp³-hybridized carbons (Fsp3) is 0.0800. The summed E-state index contributed by atoms with van der Waals surface area (Å²) in [6.07, 6.45) is 0. The summed E-state index contributed by atoms with van der Waals surface area (Å²) in [5.74, 6) is 5.52. The van der Waals surface area contributed by atoms with E-state index in [1.807, 2.05) is 6.07 Å². The highest BCUT2D eigenvalue weighted by Crippen LogP contribution is 2.28. The van der Waals surface area contributed by atoms with Crippen molar-refractivity contribution in [1.82, 2.24) is 0 Å². The van der Waals surface area contributed by atoms with Crippen LogP contribution in [0.15, 0.2) is 66.7 Å². The van der Waals surface area contributed by atoms with Crippen LogP contribution in [0.3, 0.4) is 0 Å². The topological polar surface area (TPSA) is 93.7 Å². The van der Waals surface area contributed by atoms with Gasteiger partial charge in [-0.05, 0) is 54.6 Å². The Kier molecular flexibility index (Phi) is 5.86. The van der Waals surface area contributed by atoms with Gasteiger partial charge in [-0.1, -0.05) is 24.0 Å². The van der Waals surface area contributed by atoms with Crippen LogP contribution in [0.1, 0.15) is 31.8 Å². The molecular weight excluding hydrogens is 408 g/mol. The van der Waals surface area contributed by atoms with Crippen molar-refractivity contribution in [2.24, 2.45) is 0 Å². The second kappa shape index (κ2) is 9.06. The number of benzene rings is 3. The number of fused-ring (bicyclic) bond motifs is 1. The second-order valence-electron chi connectivity index (χ2n) is 6.91. The van der Waals surface area contributed by atoms with Gasteiger partial charge in [0.15, 0.2) is 6.61 Å². The first-order valence-corrected chi connectivity index (χ1v) is 9.70. The van der Waals surface area contributed by atoms with Gasteiger partial charge < -0.3 is 20.1 Å². The Hall–Kier alpha value is -4.57. The molecule has 0 spiro atoms. The zero-order valence-corrected chi connectivity index (χ0v) is 17.1. The number of nitrogens with one attached hydrogen (secondary N) is 2. The Morgan fingerprint density at radius 1 is 0.969 bits per heavy atom. The molecule has 0 aromatic heterocycles. The minimum absolute atomic E-state index is 0.0820. The molecule has 0 fully saturated rings. The molecule has 0 bridgehead atoms. The van der Waals surface area contributed by atoms with E-state index in [1.54, 1.807) is 60.7 Å². The highest BCUT2D eigenvalue weighted by atomic mass is 16.5. The summed E-state index contributed by atoms with van der Waals surface area (Å²) in [6.45, 7) is -0.0820. The molecule has 7 heteroatoms. The van der Waals surface area contributed by atoms with Gasteiger partial charge in [-0.3, -0.25) is 9.59 Å². The van der Waals surface area contributed by atoms with Crippen LogP contribution >= 0.6 is 0 Å². The number of carbonyl (C=O) groups is 3. The zero-order valence-electron chi connectivity index (χ0n) is 17.1. The van der Waals surface area contributed by atoms with Crippen molar-refractivity contribution in [2.75, 3.05) is 24.4 Å². The fourth-order valence-corrected chi connectivity index (χ4v) is 3.08. The van der Waals surface area contributed by atoms with Crippen molar-refractivity contribution in [2.45, 2.75) is 0 Å². The zero-order chi connectivity index (χ0) is 22.5. The van der Waals surface area contributed by atoms with Crippen LogP contribution in [0.25, 0.3) is 0 Å². The lowest BCUT2D eigenvalue weighted by Gasteiger charge is -2.18. The first-order valence-electron chi connectivity index (χ1n) is 9.70. The lowest BCUT2D eigenvalue weighted by atomic mass is 10.1. The molecule has 0 aliphatic carbocycles. The average Bonchev–Trinajstić information content (AvgIpc) is 2.82. The molecule has 2 N–H and O–H groups in total. The van der Waals surface area contributed by atoms with Gasteiger partial charge in [0.25, 0.3) is 11.8 Å². The molecule has 7 nitrogen and oxygen atoms in total. The number of esters is 1. The normalized spacial score (nSPS) is 11.7. The second-order valence-corrected chi connectivity index (χ2v) is 6.91. The van der Waals surface area contributed by atoms with Crippen molar-refractivity contribution < 1.29 is 23.9 Å². The van der Waals surface area contributed by atoms with Crippen LogP contribution in [0.2, 0.25) is 0 Å². The lowest BCUT2D eigenvalue weighted by molar-refractivity contribution is -0.118. The molecular formula is C25H18N2O5. The predicted molar refractivity (Wildman–Crippen MR) is 119 cm³/mol. The van der Waals surface area contributed by atoms with Crippen molar-refractivity contribution in [3.63, 3.8) is 0 Å². The fourth-order valence-electron chi connectivity index (χ4n) is 3.08. The molecule has 0 unspecified atom stereocenters. The Morgan fingerprint density at radius 3 is 2.50 bits per heavy atom. The monoisotopic (exact) mass is 426 g/mol. The maximum absolute atomic E-state index is 12.7. The number of methoxy groups -OCH3 is 1. The summed E-state index contributed by atoms with van der Waals surface area (Å²) in [5.41, 5.74) is 3.31. The number of anilines is 2. The molecule has 3 aromatic rings. The quantitative estimate of drug-likeness (QED) is 0.494. The molecule has 3 aromatic carbocycles. The van der Waals surface area contributed by atoms with Crippen LogP contribution in [0, 0.1) is 11.8 Å². The molecule has 0 atom stereocenters. The molecule has 0 saturated carbocycles.